The van der Waals surface area contributed by atoms with E-state index in [0.717, 1.165) is 19.4 Å². The second-order valence-corrected chi connectivity index (χ2v) is 7.09. The van der Waals surface area contributed by atoms with E-state index in [2.05, 4.69) is 44.8 Å². The van der Waals surface area contributed by atoms with E-state index in [-0.39, 0.29) is 23.5 Å². The Morgan fingerprint density at radius 1 is 1.15 bits per heavy atom. The van der Waals surface area contributed by atoms with Crippen molar-refractivity contribution in [3.63, 3.8) is 0 Å². The number of alkyl halides is 3. The molecule has 0 aliphatic carbocycles. The molecule has 1 unspecified atom stereocenters. The minimum Gasteiger partial charge on any atom is -0.308 e. The fraction of sp³-hybridized carbons (Fsp3) is 1.00. The predicted molar refractivity (Wildman–Crippen MR) is 76.8 cm³/mol. The third-order valence-corrected chi connectivity index (χ3v) is 4.65. The molecule has 5 heteroatoms. The van der Waals surface area contributed by atoms with E-state index >= 15 is 0 Å². The molecule has 120 valence electrons. The minimum atomic E-state index is -4.08. The summed E-state index contributed by atoms with van der Waals surface area (Å²) in [4.78, 5) is 2.05. The van der Waals surface area contributed by atoms with Crippen LogP contribution in [0.2, 0.25) is 0 Å². The summed E-state index contributed by atoms with van der Waals surface area (Å²) in [6, 6.07) is 0.149. The van der Waals surface area contributed by atoms with Crippen molar-refractivity contribution >= 4 is 0 Å². The van der Waals surface area contributed by atoms with Crippen LogP contribution in [0.5, 0.6) is 0 Å². The van der Waals surface area contributed by atoms with Gasteiger partial charge in [0.1, 0.15) is 0 Å². The van der Waals surface area contributed by atoms with Gasteiger partial charge >= 0.3 is 6.18 Å². The van der Waals surface area contributed by atoms with Crippen LogP contribution >= 0.6 is 0 Å². The monoisotopic (exact) mass is 294 g/mol. The molecule has 0 bridgehead atoms. The highest BCUT2D eigenvalue weighted by molar-refractivity contribution is 4.99. The average Bonchev–Trinajstić information content (AvgIpc) is 2.34. The molecular formula is C15H29F3N2. The van der Waals surface area contributed by atoms with Crippen molar-refractivity contribution in [2.24, 2.45) is 5.41 Å². The molecule has 1 fully saturated rings. The van der Waals surface area contributed by atoms with E-state index in [1.54, 1.807) is 0 Å². The van der Waals surface area contributed by atoms with Gasteiger partial charge in [0, 0.05) is 31.2 Å². The summed E-state index contributed by atoms with van der Waals surface area (Å²) < 4.78 is 37.6. The molecule has 0 spiro atoms. The molecule has 0 aromatic rings. The topological polar surface area (TPSA) is 15.3 Å². The number of rotatable bonds is 4. The third-order valence-electron chi connectivity index (χ3n) is 4.65. The molecule has 1 aliphatic rings. The van der Waals surface area contributed by atoms with Crippen LogP contribution in [0.4, 0.5) is 13.2 Å². The van der Waals surface area contributed by atoms with Crippen molar-refractivity contribution in [2.75, 3.05) is 19.6 Å². The molecule has 1 aliphatic heterocycles. The summed E-state index contributed by atoms with van der Waals surface area (Å²) in [6.45, 7) is 12.1. The summed E-state index contributed by atoms with van der Waals surface area (Å²) in [5, 5.41) is 3.59. The van der Waals surface area contributed by atoms with Gasteiger partial charge in [-0.15, -0.1) is 0 Å². The van der Waals surface area contributed by atoms with Crippen molar-refractivity contribution in [2.45, 2.75) is 71.6 Å². The molecule has 20 heavy (non-hydrogen) atoms. The highest BCUT2D eigenvalue weighted by atomic mass is 19.4. The largest absolute Gasteiger partial charge is 0.390 e. The average molecular weight is 294 g/mol. The quantitative estimate of drug-likeness (QED) is 0.848. The van der Waals surface area contributed by atoms with Gasteiger partial charge in [0.2, 0.25) is 0 Å². The summed E-state index contributed by atoms with van der Waals surface area (Å²) >= 11 is 0. The van der Waals surface area contributed by atoms with Gasteiger partial charge in [-0.3, -0.25) is 4.90 Å². The van der Waals surface area contributed by atoms with Gasteiger partial charge in [-0.05, 0) is 18.3 Å². The van der Waals surface area contributed by atoms with Crippen LogP contribution in [-0.4, -0.2) is 42.3 Å². The van der Waals surface area contributed by atoms with E-state index in [1.807, 2.05) is 0 Å². The molecule has 1 atom stereocenters. The van der Waals surface area contributed by atoms with Gasteiger partial charge in [-0.2, -0.15) is 13.2 Å². The number of hydrogen-bond acceptors (Lipinski definition) is 2. The highest BCUT2D eigenvalue weighted by Gasteiger charge is 2.42. The molecule has 0 aromatic carbocycles. The molecular weight excluding hydrogens is 265 g/mol. The Balaban J connectivity index is 2.83. The third kappa shape index (κ3) is 4.62. The lowest BCUT2D eigenvalue weighted by Crippen LogP contribution is -2.66. The van der Waals surface area contributed by atoms with E-state index < -0.39 is 12.6 Å². The van der Waals surface area contributed by atoms with Crippen LogP contribution in [0.15, 0.2) is 0 Å². The normalized spacial score (nSPS) is 24.9. The zero-order valence-electron chi connectivity index (χ0n) is 13.4. The zero-order chi connectivity index (χ0) is 15.6. The lowest BCUT2D eigenvalue weighted by atomic mass is 9.80. The van der Waals surface area contributed by atoms with Crippen LogP contribution in [-0.2, 0) is 0 Å². The van der Waals surface area contributed by atoms with E-state index in [4.69, 9.17) is 0 Å². The Morgan fingerprint density at radius 2 is 1.70 bits per heavy atom. The fourth-order valence-corrected chi connectivity index (χ4v) is 3.08. The maximum atomic E-state index is 12.5. The van der Waals surface area contributed by atoms with Crippen LogP contribution in [0, 0.1) is 5.41 Å². The van der Waals surface area contributed by atoms with Crippen LogP contribution in [0.25, 0.3) is 0 Å². The maximum Gasteiger partial charge on any atom is 0.390 e. The Bertz CT molecular complexity index is 303. The van der Waals surface area contributed by atoms with E-state index in [9.17, 15) is 13.2 Å². The predicted octanol–water partition coefficient (Wildman–Crippen LogP) is 3.82. The number of halogens is 3. The summed E-state index contributed by atoms with van der Waals surface area (Å²) in [7, 11) is 0. The second kappa shape index (κ2) is 6.22. The van der Waals surface area contributed by atoms with Crippen molar-refractivity contribution < 1.29 is 13.2 Å². The molecule has 2 nitrogen and oxygen atoms in total. The Morgan fingerprint density at radius 3 is 2.10 bits per heavy atom. The van der Waals surface area contributed by atoms with Gasteiger partial charge in [0.15, 0.2) is 0 Å². The van der Waals surface area contributed by atoms with E-state index in [1.165, 1.54) is 0 Å². The smallest absolute Gasteiger partial charge is 0.308 e. The highest BCUT2D eigenvalue weighted by Crippen LogP contribution is 2.32. The van der Waals surface area contributed by atoms with E-state index in [0.29, 0.717) is 6.54 Å². The summed E-state index contributed by atoms with van der Waals surface area (Å²) in [5.74, 6) is 0. The van der Waals surface area contributed by atoms with Crippen LogP contribution in [0.3, 0.4) is 0 Å². The summed E-state index contributed by atoms with van der Waals surface area (Å²) in [6.07, 6.45) is -2.90. The minimum absolute atomic E-state index is 0.0216. The van der Waals surface area contributed by atoms with Gasteiger partial charge in [-0.25, -0.2) is 0 Å². The van der Waals surface area contributed by atoms with Gasteiger partial charge in [-0.1, -0.05) is 34.6 Å². The summed E-state index contributed by atoms with van der Waals surface area (Å²) in [5.41, 5.74) is -0.0560. The number of nitrogens with zero attached hydrogens (tertiary/aromatic N) is 1. The van der Waals surface area contributed by atoms with Gasteiger partial charge in [0.25, 0.3) is 0 Å². The van der Waals surface area contributed by atoms with Crippen molar-refractivity contribution in [3.8, 4) is 0 Å². The molecule has 1 rings (SSSR count). The molecule has 0 saturated carbocycles. The van der Waals surface area contributed by atoms with Crippen molar-refractivity contribution in [3.05, 3.63) is 0 Å². The first-order valence-corrected chi connectivity index (χ1v) is 7.59. The second-order valence-electron chi connectivity index (χ2n) is 7.09. The SMILES string of the molecule is CCC1(CC)CN(CCC(F)(F)F)C(C(C)(C)C)CN1. The molecule has 1 saturated heterocycles. The molecule has 1 N–H and O–H groups in total. The van der Waals surface area contributed by atoms with Gasteiger partial charge in [0.05, 0.1) is 6.42 Å². The molecule has 0 amide bonds. The first-order valence-electron chi connectivity index (χ1n) is 7.59. The van der Waals surface area contributed by atoms with Gasteiger partial charge < -0.3 is 5.32 Å². The molecule has 0 aromatic heterocycles. The zero-order valence-corrected chi connectivity index (χ0v) is 13.4. The number of piperazine rings is 1. The first-order chi connectivity index (χ1) is 9.03. The molecule has 1 heterocycles. The Hall–Kier alpha value is -0.290. The lowest BCUT2D eigenvalue weighted by Gasteiger charge is -2.51. The Kier molecular flexibility index (Phi) is 5.53. The Labute approximate surface area is 121 Å². The van der Waals surface area contributed by atoms with Crippen LogP contribution < -0.4 is 5.32 Å². The molecule has 0 radical (unpaired) electrons. The number of hydrogen-bond donors (Lipinski definition) is 1. The fourth-order valence-electron chi connectivity index (χ4n) is 3.08. The first kappa shape index (κ1) is 17.8. The standard InChI is InChI=1S/C15H29F3N2/c1-6-14(7-2)11-20(9-8-15(16,17)18)12(10-19-14)13(3,4)5/h12,19H,6-11H2,1-5H3. The van der Waals surface area contributed by atoms with Crippen molar-refractivity contribution in [1.29, 1.82) is 0 Å². The lowest BCUT2D eigenvalue weighted by molar-refractivity contribution is -0.142. The number of nitrogens with one attached hydrogen (secondary N) is 1. The van der Waals surface area contributed by atoms with Crippen LogP contribution in [0.1, 0.15) is 53.9 Å². The van der Waals surface area contributed by atoms with Crippen molar-refractivity contribution in [1.82, 2.24) is 10.2 Å². The maximum absolute atomic E-state index is 12.5.